The van der Waals surface area contributed by atoms with Crippen LogP contribution >= 0.6 is 15.9 Å². The molecule has 0 aromatic heterocycles. The molecule has 37 heavy (non-hydrogen) atoms. The Hall–Kier alpha value is -3.60. The third kappa shape index (κ3) is 7.94. The van der Waals surface area contributed by atoms with Gasteiger partial charge in [-0.2, -0.15) is 0 Å². The average molecular weight is 555 g/mol. The van der Waals surface area contributed by atoms with Crippen molar-refractivity contribution < 1.29 is 9.47 Å². The van der Waals surface area contributed by atoms with Gasteiger partial charge in [0.2, 0.25) is 0 Å². The lowest BCUT2D eigenvalue weighted by Gasteiger charge is -2.26. The van der Waals surface area contributed by atoms with E-state index in [1.54, 1.807) is 7.11 Å². The number of ether oxygens (including phenoxy) is 2. The van der Waals surface area contributed by atoms with Crippen molar-refractivity contribution in [2.75, 3.05) is 13.7 Å². The number of rotatable bonds is 7. The molecular weight excluding hydrogens is 522 g/mol. The minimum Gasteiger partial charge on any atom is -0.493 e. The van der Waals surface area contributed by atoms with Crippen LogP contribution in [0, 0.1) is 0 Å². The fraction of sp³-hybridized carbons (Fsp3) is 0.152. The summed E-state index contributed by atoms with van der Waals surface area (Å²) in [7, 11) is 1.70. The molecule has 1 unspecified atom stereocenters. The molecule has 0 amide bonds. The van der Waals surface area contributed by atoms with Gasteiger partial charge in [-0.15, -0.1) is 0 Å². The van der Waals surface area contributed by atoms with Crippen molar-refractivity contribution in [1.82, 2.24) is 5.32 Å². The molecule has 3 nitrogen and oxygen atoms in total. The van der Waals surface area contributed by atoms with Crippen molar-refractivity contribution in [3.05, 3.63) is 142 Å². The lowest BCUT2D eigenvalue weighted by atomic mass is 9.93. The zero-order valence-electron chi connectivity index (χ0n) is 21.0. The van der Waals surface area contributed by atoms with Crippen molar-refractivity contribution in [1.29, 1.82) is 0 Å². The van der Waals surface area contributed by atoms with Crippen LogP contribution in [0.1, 0.15) is 33.9 Å². The molecule has 1 heterocycles. The summed E-state index contributed by atoms with van der Waals surface area (Å²) in [4.78, 5) is 1.85. The number of methoxy groups -OCH3 is 1. The fourth-order valence-electron chi connectivity index (χ4n) is 4.18. The standard InChI is InChI=1S/C25H25NO2.C8H7Br/c1-27-24-17-22-21(16-25(24)28-18-20-10-6-3-7-11-20)14-15-26-23(22)13-12-19-8-4-2-5-9-19;9-7-6-8-4-2-1-3-5-8/h2-13,16-17,23,26H,14-15,18H2,1H3;1-7H/b13-12+;7-6+. The summed E-state index contributed by atoms with van der Waals surface area (Å²) in [6.07, 6.45) is 7.37. The smallest absolute Gasteiger partial charge is 0.161 e. The maximum absolute atomic E-state index is 6.08. The summed E-state index contributed by atoms with van der Waals surface area (Å²) in [6, 6.07) is 35.1. The van der Waals surface area contributed by atoms with Gasteiger partial charge < -0.3 is 14.8 Å². The molecule has 1 N–H and O–H groups in total. The van der Waals surface area contributed by atoms with E-state index in [1.807, 2.05) is 53.5 Å². The van der Waals surface area contributed by atoms with E-state index in [1.165, 1.54) is 22.3 Å². The quantitative estimate of drug-likeness (QED) is 0.250. The van der Waals surface area contributed by atoms with Gasteiger partial charge in [-0.05, 0) is 57.4 Å². The van der Waals surface area contributed by atoms with E-state index in [0.717, 1.165) is 30.0 Å². The first-order valence-electron chi connectivity index (χ1n) is 12.4. The Labute approximate surface area is 228 Å². The Morgan fingerprint density at radius 1 is 0.811 bits per heavy atom. The molecule has 0 spiro atoms. The molecule has 0 saturated carbocycles. The Bertz CT molecular complexity index is 1290. The van der Waals surface area contributed by atoms with Gasteiger partial charge in [-0.25, -0.2) is 0 Å². The average Bonchev–Trinajstić information content (AvgIpc) is 2.96. The van der Waals surface area contributed by atoms with E-state index >= 15 is 0 Å². The lowest BCUT2D eigenvalue weighted by molar-refractivity contribution is 0.283. The lowest BCUT2D eigenvalue weighted by Crippen LogP contribution is -2.28. The predicted octanol–water partition coefficient (Wildman–Crippen LogP) is 8.23. The zero-order chi connectivity index (χ0) is 25.7. The van der Waals surface area contributed by atoms with Crippen LogP contribution in [-0.4, -0.2) is 13.7 Å². The molecule has 0 bridgehead atoms. The highest BCUT2D eigenvalue weighted by atomic mass is 79.9. The molecule has 0 aliphatic carbocycles. The maximum Gasteiger partial charge on any atom is 0.161 e. The van der Waals surface area contributed by atoms with E-state index in [4.69, 9.17) is 9.47 Å². The zero-order valence-corrected chi connectivity index (χ0v) is 22.6. The van der Waals surface area contributed by atoms with Gasteiger partial charge in [-0.3, -0.25) is 0 Å². The van der Waals surface area contributed by atoms with Gasteiger partial charge in [0.25, 0.3) is 0 Å². The van der Waals surface area contributed by atoms with Crippen molar-refractivity contribution in [2.45, 2.75) is 19.1 Å². The van der Waals surface area contributed by atoms with Gasteiger partial charge in [0.1, 0.15) is 6.61 Å². The van der Waals surface area contributed by atoms with Crippen LogP contribution in [0.15, 0.2) is 114 Å². The fourth-order valence-corrected chi connectivity index (χ4v) is 4.49. The van der Waals surface area contributed by atoms with E-state index in [0.29, 0.717) is 6.61 Å². The van der Waals surface area contributed by atoms with E-state index in [2.05, 4.69) is 94.1 Å². The van der Waals surface area contributed by atoms with Crippen LogP contribution < -0.4 is 14.8 Å². The number of benzene rings is 4. The van der Waals surface area contributed by atoms with Crippen molar-refractivity contribution in [3.8, 4) is 11.5 Å². The van der Waals surface area contributed by atoms with Crippen LogP contribution in [0.5, 0.6) is 11.5 Å². The molecule has 0 saturated heterocycles. The second-order valence-electron chi connectivity index (χ2n) is 8.63. The Morgan fingerprint density at radius 3 is 2.05 bits per heavy atom. The molecule has 4 aromatic carbocycles. The minimum absolute atomic E-state index is 0.168. The summed E-state index contributed by atoms with van der Waals surface area (Å²) >= 11 is 3.21. The third-order valence-corrected chi connectivity index (χ3v) is 6.36. The van der Waals surface area contributed by atoms with Gasteiger partial charge in [0, 0.05) is 6.54 Å². The molecule has 188 valence electrons. The Kier molecular flexibility index (Phi) is 10.2. The highest BCUT2D eigenvalue weighted by molar-refractivity contribution is 9.11. The van der Waals surface area contributed by atoms with Crippen molar-refractivity contribution in [3.63, 3.8) is 0 Å². The number of fused-ring (bicyclic) bond motifs is 1. The van der Waals surface area contributed by atoms with Gasteiger partial charge >= 0.3 is 0 Å². The summed E-state index contributed by atoms with van der Waals surface area (Å²) in [5, 5.41) is 3.59. The van der Waals surface area contributed by atoms with Crippen LogP contribution in [0.25, 0.3) is 12.2 Å². The normalized spacial score (nSPS) is 14.6. The minimum atomic E-state index is 0.168. The van der Waals surface area contributed by atoms with Gasteiger partial charge in [-0.1, -0.05) is 119 Å². The second-order valence-corrected chi connectivity index (χ2v) is 9.16. The first-order valence-corrected chi connectivity index (χ1v) is 13.3. The van der Waals surface area contributed by atoms with Gasteiger partial charge in [0.05, 0.1) is 13.2 Å². The van der Waals surface area contributed by atoms with E-state index in [-0.39, 0.29) is 6.04 Å². The topological polar surface area (TPSA) is 30.5 Å². The number of halogens is 1. The van der Waals surface area contributed by atoms with Gasteiger partial charge in [0.15, 0.2) is 11.5 Å². The largest absolute Gasteiger partial charge is 0.493 e. The third-order valence-electron chi connectivity index (χ3n) is 6.09. The number of nitrogens with one attached hydrogen (secondary N) is 1. The molecule has 1 aliphatic heterocycles. The molecule has 1 atom stereocenters. The first kappa shape index (κ1) is 26.5. The maximum atomic E-state index is 6.08. The van der Waals surface area contributed by atoms with E-state index < -0.39 is 0 Å². The van der Waals surface area contributed by atoms with E-state index in [9.17, 15) is 0 Å². The highest BCUT2D eigenvalue weighted by Crippen LogP contribution is 2.36. The molecule has 0 radical (unpaired) electrons. The van der Waals surface area contributed by atoms with Crippen LogP contribution in [-0.2, 0) is 13.0 Å². The highest BCUT2D eigenvalue weighted by Gasteiger charge is 2.21. The molecule has 4 aromatic rings. The summed E-state index contributed by atoms with van der Waals surface area (Å²) in [6.45, 7) is 1.48. The SMILES string of the molecule is Br/C=C/c1ccccc1.COc1cc2c(cc1OCc1ccccc1)CCNC2/C=C/c1ccccc1. The van der Waals surface area contributed by atoms with Crippen molar-refractivity contribution >= 4 is 28.1 Å². The van der Waals surface area contributed by atoms with Crippen LogP contribution in [0.3, 0.4) is 0 Å². The molecule has 5 rings (SSSR count). The summed E-state index contributed by atoms with van der Waals surface area (Å²) < 4.78 is 11.7. The number of hydrogen-bond donors (Lipinski definition) is 1. The predicted molar refractivity (Wildman–Crippen MR) is 158 cm³/mol. The first-order chi connectivity index (χ1) is 18.3. The number of hydrogen-bond acceptors (Lipinski definition) is 3. The summed E-state index contributed by atoms with van der Waals surface area (Å²) in [5.74, 6) is 1.58. The van der Waals surface area contributed by atoms with Crippen molar-refractivity contribution in [2.24, 2.45) is 0 Å². The second kappa shape index (κ2) is 14.2. The molecule has 4 heteroatoms. The Balaban J connectivity index is 0.000000301. The monoisotopic (exact) mass is 553 g/mol. The summed E-state index contributed by atoms with van der Waals surface area (Å²) in [5.41, 5.74) is 6.13. The Morgan fingerprint density at radius 2 is 1.43 bits per heavy atom. The van der Waals surface area contributed by atoms with Crippen LogP contribution in [0.2, 0.25) is 0 Å². The molecular formula is C33H32BrNO2. The van der Waals surface area contributed by atoms with Crippen LogP contribution in [0.4, 0.5) is 0 Å². The molecule has 0 fully saturated rings. The molecule has 1 aliphatic rings.